The Kier molecular flexibility index (Phi) is 4.34. The van der Waals surface area contributed by atoms with Crippen molar-refractivity contribution in [1.29, 1.82) is 5.26 Å². The van der Waals surface area contributed by atoms with Crippen LogP contribution < -0.4 is 4.74 Å². The molecule has 3 rings (SSSR count). The Morgan fingerprint density at radius 2 is 2.04 bits per heavy atom. The zero-order valence-electron chi connectivity index (χ0n) is 13.0. The molecule has 6 heteroatoms. The number of pyridine rings is 1. The van der Waals surface area contributed by atoms with Gasteiger partial charge in [-0.3, -0.25) is 9.78 Å². The minimum Gasteiger partial charge on any atom is -0.471 e. The zero-order chi connectivity index (χ0) is 16.9. The van der Waals surface area contributed by atoms with Gasteiger partial charge in [-0.2, -0.15) is 10.4 Å². The number of rotatable bonds is 5. The van der Waals surface area contributed by atoms with E-state index in [1.807, 2.05) is 18.2 Å². The van der Waals surface area contributed by atoms with Gasteiger partial charge in [0.25, 0.3) is 0 Å². The fraction of sp³-hybridized carbons (Fsp3) is 0.111. The van der Waals surface area contributed by atoms with E-state index in [0.29, 0.717) is 22.8 Å². The molecule has 2 aromatic heterocycles. The van der Waals surface area contributed by atoms with Gasteiger partial charge < -0.3 is 4.74 Å². The minimum absolute atomic E-state index is 0.148. The largest absolute Gasteiger partial charge is 0.471 e. The van der Waals surface area contributed by atoms with Crippen molar-refractivity contribution in [2.24, 2.45) is 0 Å². The van der Waals surface area contributed by atoms with Crippen LogP contribution in [0.2, 0.25) is 0 Å². The first-order valence-electron chi connectivity index (χ1n) is 7.31. The van der Waals surface area contributed by atoms with Gasteiger partial charge in [-0.25, -0.2) is 4.68 Å². The van der Waals surface area contributed by atoms with Crippen LogP contribution >= 0.6 is 0 Å². The van der Waals surface area contributed by atoms with Crippen molar-refractivity contribution in [3.05, 3.63) is 71.7 Å². The molecule has 0 N–H and O–H groups in total. The summed E-state index contributed by atoms with van der Waals surface area (Å²) in [4.78, 5) is 15.8. The number of Topliss-reactive ketones (excluding diaryl/α,β-unsaturated/α-hetero) is 1. The number of hydrogen-bond acceptors (Lipinski definition) is 5. The van der Waals surface area contributed by atoms with E-state index in [4.69, 9.17) is 10.00 Å². The summed E-state index contributed by atoms with van der Waals surface area (Å²) in [5.41, 5.74) is 2.34. The molecular formula is C18H14N4O2. The second-order valence-electron chi connectivity index (χ2n) is 5.10. The van der Waals surface area contributed by atoms with E-state index in [-0.39, 0.29) is 12.4 Å². The van der Waals surface area contributed by atoms with E-state index < -0.39 is 0 Å². The maximum absolute atomic E-state index is 11.6. The Morgan fingerprint density at radius 1 is 1.25 bits per heavy atom. The van der Waals surface area contributed by atoms with Gasteiger partial charge in [0.1, 0.15) is 12.3 Å². The molecular weight excluding hydrogens is 304 g/mol. The molecule has 2 heterocycles. The van der Waals surface area contributed by atoms with Gasteiger partial charge in [0.05, 0.1) is 23.0 Å². The molecule has 0 bridgehead atoms. The molecule has 3 aromatic rings. The third kappa shape index (κ3) is 3.31. The molecule has 0 radical (unpaired) electrons. The van der Waals surface area contributed by atoms with Crippen molar-refractivity contribution in [2.45, 2.75) is 13.5 Å². The highest BCUT2D eigenvalue weighted by atomic mass is 16.5. The topological polar surface area (TPSA) is 80.8 Å². The van der Waals surface area contributed by atoms with E-state index in [0.717, 1.165) is 5.69 Å². The molecule has 0 saturated heterocycles. The maximum Gasteiger partial charge on any atom is 0.217 e. The van der Waals surface area contributed by atoms with Gasteiger partial charge in [0.2, 0.25) is 5.88 Å². The number of ketones is 1. The third-order valence-electron chi connectivity index (χ3n) is 3.37. The van der Waals surface area contributed by atoms with E-state index in [1.165, 1.54) is 6.92 Å². The fourth-order valence-electron chi connectivity index (χ4n) is 2.13. The monoisotopic (exact) mass is 318 g/mol. The lowest BCUT2D eigenvalue weighted by molar-refractivity contribution is 0.101. The Labute approximate surface area is 138 Å². The minimum atomic E-state index is -0.148. The summed E-state index contributed by atoms with van der Waals surface area (Å²) in [6.45, 7) is 1.72. The molecule has 24 heavy (non-hydrogen) atoms. The lowest BCUT2D eigenvalue weighted by Gasteiger charge is -2.08. The van der Waals surface area contributed by atoms with E-state index in [9.17, 15) is 4.79 Å². The number of nitriles is 1. The number of benzene rings is 1. The van der Waals surface area contributed by atoms with Crippen LogP contribution in [0.5, 0.6) is 5.88 Å². The summed E-state index contributed by atoms with van der Waals surface area (Å²) >= 11 is 0. The smallest absolute Gasteiger partial charge is 0.217 e. The van der Waals surface area contributed by atoms with Gasteiger partial charge in [-0.1, -0.05) is 6.07 Å². The van der Waals surface area contributed by atoms with Crippen LogP contribution in [0.15, 0.2) is 54.7 Å². The standard InChI is InChI=1S/C18H14N4O2/c1-13(23)17-10-18(24-12-15-4-2-3-9-20-15)22(21-17)16-7-5-14(11-19)6-8-16/h2-10H,12H2,1H3. The van der Waals surface area contributed by atoms with Crippen molar-refractivity contribution in [1.82, 2.24) is 14.8 Å². The number of hydrogen-bond donors (Lipinski definition) is 0. The summed E-state index contributed by atoms with van der Waals surface area (Å²) in [6, 6.07) is 16.1. The second kappa shape index (κ2) is 6.75. The highest BCUT2D eigenvalue weighted by Crippen LogP contribution is 2.21. The first kappa shape index (κ1) is 15.4. The van der Waals surface area contributed by atoms with E-state index in [2.05, 4.69) is 16.2 Å². The molecule has 118 valence electrons. The zero-order valence-corrected chi connectivity index (χ0v) is 13.0. The molecule has 0 aliphatic rings. The van der Waals surface area contributed by atoms with Gasteiger partial charge >= 0.3 is 0 Å². The van der Waals surface area contributed by atoms with Crippen molar-refractivity contribution in [3.63, 3.8) is 0 Å². The number of carbonyl (C=O) groups is 1. The Hall–Kier alpha value is -3.46. The highest BCUT2D eigenvalue weighted by Gasteiger charge is 2.14. The van der Waals surface area contributed by atoms with Crippen LogP contribution in [-0.2, 0) is 6.61 Å². The first-order valence-corrected chi connectivity index (χ1v) is 7.31. The van der Waals surface area contributed by atoms with Gasteiger partial charge in [0.15, 0.2) is 5.78 Å². The number of nitrogens with zero attached hydrogens (tertiary/aromatic N) is 4. The van der Waals surface area contributed by atoms with Crippen LogP contribution in [0.4, 0.5) is 0 Å². The van der Waals surface area contributed by atoms with Crippen LogP contribution in [0.25, 0.3) is 5.69 Å². The highest BCUT2D eigenvalue weighted by molar-refractivity contribution is 5.92. The molecule has 0 spiro atoms. The molecule has 1 aromatic carbocycles. The summed E-state index contributed by atoms with van der Waals surface area (Å²) < 4.78 is 7.33. The Morgan fingerprint density at radius 3 is 2.67 bits per heavy atom. The van der Waals surface area contributed by atoms with Crippen LogP contribution in [-0.4, -0.2) is 20.5 Å². The molecule has 0 aliphatic carbocycles. The Bertz CT molecular complexity index is 893. The van der Waals surface area contributed by atoms with Crippen molar-refractivity contribution >= 4 is 5.78 Å². The number of ether oxygens (including phenoxy) is 1. The molecule has 0 fully saturated rings. The lowest BCUT2D eigenvalue weighted by atomic mass is 10.2. The average molecular weight is 318 g/mol. The van der Waals surface area contributed by atoms with Crippen molar-refractivity contribution in [2.75, 3.05) is 0 Å². The third-order valence-corrected chi connectivity index (χ3v) is 3.37. The SMILES string of the molecule is CC(=O)c1cc(OCc2ccccn2)n(-c2ccc(C#N)cc2)n1. The van der Waals surface area contributed by atoms with E-state index in [1.54, 1.807) is 41.2 Å². The van der Waals surface area contributed by atoms with Crippen molar-refractivity contribution < 1.29 is 9.53 Å². The molecule has 0 aliphatic heterocycles. The van der Waals surface area contributed by atoms with Crippen LogP contribution in [0, 0.1) is 11.3 Å². The number of aromatic nitrogens is 3. The quantitative estimate of drug-likeness (QED) is 0.676. The van der Waals surface area contributed by atoms with E-state index >= 15 is 0 Å². The summed E-state index contributed by atoms with van der Waals surface area (Å²) in [7, 11) is 0. The van der Waals surface area contributed by atoms with Gasteiger partial charge in [-0.05, 0) is 36.4 Å². The number of carbonyl (C=O) groups excluding carboxylic acids is 1. The average Bonchev–Trinajstić information content (AvgIpc) is 3.05. The summed E-state index contributed by atoms with van der Waals surface area (Å²) in [5, 5.41) is 13.2. The second-order valence-corrected chi connectivity index (χ2v) is 5.10. The summed E-state index contributed by atoms with van der Waals surface area (Å²) in [6.07, 6.45) is 1.69. The van der Waals surface area contributed by atoms with Gasteiger partial charge in [0, 0.05) is 19.2 Å². The molecule has 0 amide bonds. The maximum atomic E-state index is 11.6. The predicted octanol–water partition coefficient (Wildman–Crippen LogP) is 2.92. The fourth-order valence-corrected chi connectivity index (χ4v) is 2.13. The van der Waals surface area contributed by atoms with Crippen LogP contribution in [0.1, 0.15) is 28.7 Å². The Balaban J connectivity index is 1.92. The van der Waals surface area contributed by atoms with Crippen LogP contribution in [0.3, 0.4) is 0 Å². The molecule has 0 atom stereocenters. The normalized spacial score (nSPS) is 10.2. The molecule has 6 nitrogen and oxygen atoms in total. The van der Waals surface area contributed by atoms with Crippen molar-refractivity contribution in [3.8, 4) is 17.6 Å². The molecule has 0 saturated carbocycles. The van der Waals surface area contributed by atoms with Gasteiger partial charge in [-0.15, -0.1) is 0 Å². The molecule has 0 unspecified atom stereocenters. The first-order chi connectivity index (χ1) is 11.7. The predicted molar refractivity (Wildman–Crippen MR) is 86.9 cm³/mol. The lowest BCUT2D eigenvalue weighted by Crippen LogP contribution is -2.04. The summed E-state index contributed by atoms with van der Waals surface area (Å²) in [5.74, 6) is 0.292.